The molecule has 0 fully saturated rings. The number of alkyl halides is 2. The van der Waals surface area contributed by atoms with Crippen LogP contribution >= 0.6 is 22.9 Å². The SMILES string of the molecule is Cc1cc(Cl)ccc1OCc1ccc(C(=O)Nc2c(C(N)=O)sc3nc(C(F)F)cc(-c4ccco4)c23)o1. The molecule has 5 aromatic rings. The van der Waals surface area contributed by atoms with Crippen molar-refractivity contribution in [1.82, 2.24) is 4.98 Å². The second-order valence-corrected chi connectivity index (χ2v) is 9.58. The van der Waals surface area contributed by atoms with Crippen LogP contribution in [0.5, 0.6) is 5.75 Å². The van der Waals surface area contributed by atoms with Crippen LogP contribution in [0.1, 0.15) is 43.7 Å². The average molecular weight is 558 g/mol. The maximum atomic E-state index is 13.5. The largest absolute Gasteiger partial charge is 0.485 e. The van der Waals surface area contributed by atoms with E-state index in [1.807, 2.05) is 6.92 Å². The number of nitrogens with two attached hydrogens (primary N) is 1. The summed E-state index contributed by atoms with van der Waals surface area (Å²) in [5, 5.41) is 3.46. The maximum Gasteiger partial charge on any atom is 0.291 e. The molecule has 0 saturated heterocycles. The fraction of sp³-hybridized carbons (Fsp3) is 0.115. The fourth-order valence-electron chi connectivity index (χ4n) is 3.82. The number of nitrogens with one attached hydrogen (secondary N) is 1. The quantitative estimate of drug-likeness (QED) is 0.212. The van der Waals surface area contributed by atoms with E-state index in [4.69, 9.17) is 30.9 Å². The Labute approximate surface area is 223 Å². The molecule has 2 amide bonds. The number of ether oxygens (including phenoxy) is 1. The van der Waals surface area contributed by atoms with Gasteiger partial charge in [0.25, 0.3) is 18.2 Å². The molecule has 0 aliphatic rings. The van der Waals surface area contributed by atoms with Crippen LogP contribution in [-0.4, -0.2) is 16.8 Å². The first-order valence-corrected chi connectivity index (χ1v) is 12.3. The summed E-state index contributed by atoms with van der Waals surface area (Å²) in [5.41, 5.74) is 6.12. The Balaban J connectivity index is 1.46. The molecule has 0 bridgehead atoms. The number of halogens is 3. The smallest absolute Gasteiger partial charge is 0.291 e. The minimum atomic E-state index is -2.87. The van der Waals surface area contributed by atoms with Gasteiger partial charge in [0.05, 0.1) is 12.0 Å². The van der Waals surface area contributed by atoms with Crippen LogP contribution in [0.25, 0.3) is 21.5 Å². The summed E-state index contributed by atoms with van der Waals surface area (Å²) in [6, 6.07) is 12.5. The molecule has 4 aromatic heterocycles. The molecule has 0 radical (unpaired) electrons. The number of anilines is 1. The average Bonchev–Trinajstić information content (AvgIpc) is 3.63. The molecule has 0 spiro atoms. The topological polar surface area (TPSA) is 121 Å². The van der Waals surface area contributed by atoms with Crippen LogP contribution in [0.4, 0.5) is 14.5 Å². The van der Waals surface area contributed by atoms with Crippen LogP contribution in [0.3, 0.4) is 0 Å². The highest BCUT2D eigenvalue weighted by Crippen LogP contribution is 2.42. The lowest BCUT2D eigenvalue weighted by Gasteiger charge is -2.09. The van der Waals surface area contributed by atoms with Crippen LogP contribution in [-0.2, 0) is 6.61 Å². The number of pyridine rings is 1. The van der Waals surface area contributed by atoms with Crippen molar-refractivity contribution < 1.29 is 31.9 Å². The highest BCUT2D eigenvalue weighted by Gasteiger charge is 2.26. The van der Waals surface area contributed by atoms with Crippen molar-refractivity contribution in [1.29, 1.82) is 0 Å². The van der Waals surface area contributed by atoms with E-state index in [2.05, 4.69) is 10.3 Å². The molecule has 12 heteroatoms. The Morgan fingerprint density at radius 3 is 2.71 bits per heavy atom. The van der Waals surface area contributed by atoms with Crippen molar-refractivity contribution >= 4 is 50.7 Å². The van der Waals surface area contributed by atoms with Gasteiger partial charge in [-0.15, -0.1) is 11.3 Å². The van der Waals surface area contributed by atoms with Crippen LogP contribution in [0.15, 0.2) is 63.6 Å². The van der Waals surface area contributed by atoms with Crippen molar-refractivity contribution in [3.05, 3.63) is 87.5 Å². The Morgan fingerprint density at radius 1 is 1.21 bits per heavy atom. The van der Waals surface area contributed by atoms with E-state index in [0.29, 0.717) is 16.5 Å². The van der Waals surface area contributed by atoms with Crippen molar-refractivity contribution in [2.75, 3.05) is 5.32 Å². The molecule has 0 aliphatic carbocycles. The number of aromatic nitrogens is 1. The zero-order valence-electron chi connectivity index (χ0n) is 19.6. The van der Waals surface area contributed by atoms with Crippen molar-refractivity contribution in [3.63, 3.8) is 0 Å². The molecule has 0 aliphatic heterocycles. The fourth-order valence-corrected chi connectivity index (χ4v) is 5.07. The van der Waals surface area contributed by atoms with E-state index in [1.165, 1.54) is 12.3 Å². The van der Waals surface area contributed by atoms with Crippen LogP contribution in [0.2, 0.25) is 5.02 Å². The molecule has 0 unspecified atom stereocenters. The van der Waals surface area contributed by atoms with E-state index in [0.717, 1.165) is 23.0 Å². The minimum Gasteiger partial charge on any atom is -0.485 e. The van der Waals surface area contributed by atoms with Gasteiger partial charge >= 0.3 is 0 Å². The monoisotopic (exact) mass is 557 g/mol. The number of rotatable bonds is 8. The molecule has 5 rings (SSSR count). The van der Waals surface area contributed by atoms with Gasteiger partial charge in [-0.2, -0.15) is 0 Å². The highest BCUT2D eigenvalue weighted by atomic mass is 35.5. The summed E-state index contributed by atoms with van der Waals surface area (Å²) in [5.74, 6) is -0.395. The molecule has 8 nitrogen and oxygen atoms in total. The van der Waals surface area contributed by atoms with Gasteiger partial charge in [0.2, 0.25) is 0 Å². The number of nitrogens with zero attached hydrogens (tertiary/aromatic N) is 1. The summed E-state index contributed by atoms with van der Waals surface area (Å²) >= 11 is 6.76. The van der Waals surface area contributed by atoms with Gasteiger partial charge in [-0.25, -0.2) is 13.8 Å². The first-order valence-electron chi connectivity index (χ1n) is 11.1. The minimum absolute atomic E-state index is 0.0215. The van der Waals surface area contributed by atoms with E-state index < -0.39 is 23.9 Å². The number of amides is 2. The number of aryl methyl sites for hydroxylation is 1. The third kappa shape index (κ3) is 4.98. The second-order valence-electron chi connectivity index (χ2n) is 8.14. The number of benzene rings is 1. The summed E-state index contributed by atoms with van der Waals surface area (Å²) in [7, 11) is 0. The standard InChI is InChI=1S/C26H18ClF2N3O5S/c1-12-9-13(27)4-6-17(12)36-11-14-5-7-19(37-14)25(34)32-21-20-15(18-3-2-8-35-18)10-16(23(28)29)31-26(20)38-22(21)24(30)33/h2-10,23H,11H2,1H3,(H2,30,33)(H,32,34). The normalized spacial score (nSPS) is 11.3. The number of thiophene rings is 1. The van der Waals surface area contributed by atoms with Crippen molar-refractivity contribution in [2.24, 2.45) is 5.73 Å². The number of primary amides is 1. The molecule has 38 heavy (non-hydrogen) atoms. The van der Waals surface area contributed by atoms with E-state index in [-0.39, 0.29) is 44.5 Å². The highest BCUT2D eigenvalue weighted by molar-refractivity contribution is 7.21. The Bertz CT molecular complexity index is 1660. The Hall–Kier alpha value is -4.22. The third-order valence-corrected chi connectivity index (χ3v) is 6.88. The summed E-state index contributed by atoms with van der Waals surface area (Å²) in [4.78, 5) is 29.3. The number of furan rings is 2. The predicted octanol–water partition coefficient (Wildman–Crippen LogP) is 6.98. The molecular weight excluding hydrogens is 540 g/mol. The number of hydrogen-bond acceptors (Lipinski definition) is 7. The van der Waals surface area contributed by atoms with Gasteiger partial charge in [0, 0.05) is 16.0 Å². The maximum absolute atomic E-state index is 13.5. The van der Waals surface area contributed by atoms with Crippen molar-refractivity contribution in [2.45, 2.75) is 20.0 Å². The zero-order chi connectivity index (χ0) is 27.0. The predicted molar refractivity (Wildman–Crippen MR) is 138 cm³/mol. The van der Waals surface area contributed by atoms with E-state index in [1.54, 1.807) is 36.4 Å². The number of carbonyl (C=O) groups is 2. The number of fused-ring (bicyclic) bond motifs is 1. The first kappa shape index (κ1) is 25.4. The Morgan fingerprint density at radius 2 is 2.03 bits per heavy atom. The summed E-state index contributed by atoms with van der Waals surface area (Å²) in [6.07, 6.45) is -1.49. The lowest BCUT2D eigenvalue weighted by molar-refractivity contribution is 0.0992. The number of hydrogen-bond donors (Lipinski definition) is 2. The molecule has 194 valence electrons. The van der Waals surface area contributed by atoms with Crippen molar-refractivity contribution in [3.8, 4) is 17.1 Å². The summed E-state index contributed by atoms with van der Waals surface area (Å²) in [6.45, 7) is 1.90. The molecule has 3 N–H and O–H groups in total. The lowest BCUT2D eigenvalue weighted by atomic mass is 10.1. The summed E-state index contributed by atoms with van der Waals surface area (Å²) < 4.78 is 43.9. The van der Waals surface area contributed by atoms with Gasteiger partial charge in [-0.05, 0) is 61.0 Å². The second kappa shape index (κ2) is 10.3. The zero-order valence-corrected chi connectivity index (χ0v) is 21.2. The van der Waals surface area contributed by atoms with E-state index in [9.17, 15) is 18.4 Å². The van der Waals surface area contributed by atoms with E-state index >= 15 is 0 Å². The van der Waals surface area contributed by atoms with Crippen LogP contribution in [0, 0.1) is 6.92 Å². The van der Waals surface area contributed by atoms with Gasteiger partial charge in [0.15, 0.2) is 5.76 Å². The first-order chi connectivity index (χ1) is 18.2. The molecule has 0 saturated carbocycles. The molecular formula is C26H18ClF2N3O5S. The third-order valence-electron chi connectivity index (χ3n) is 5.55. The van der Waals surface area contributed by atoms with Gasteiger partial charge in [-0.3, -0.25) is 9.59 Å². The Kier molecular flexibility index (Phi) is 6.87. The lowest BCUT2D eigenvalue weighted by Crippen LogP contribution is -2.16. The molecule has 0 atom stereocenters. The van der Waals surface area contributed by atoms with Gasteiger partial charge < -0.3 is 24.6 Å². The molecule has 4 heterocycles. The van der Waals surface area contributed by atoms with Crippen LogP contribution < -0.4 is 15.8 Å². The van der Waals surface area contributed by atoms with Gasteiger partial charge in [-0.1, -0.05) is 11.6 Å². The van der Waals surface area contributed by atoms with Gasteiger partial charge in [0.1, 0.15) is 39.3 Å². The molecule has 1 aromatic carbocycles. The number of carbonyl (C=O) groups excluding carboxylic acids is 2.